The van der Waals surface area contributed by atoms with Crippen LogP contribution in [0.25, 0.3) is 0 Å². The summed E-state index contributed by atoms with van der Waals surface area (Å²) in [5, 5.41) is 9.39. The summed E-state index contributed by atoms with van der Waals surface area (Å²) in [7, 11) is -4.44. The Morgan fingerprint density at radius 3 is 2.36 bits per heavy atom. The van der Waals surface area contributed by atoms with Crippen LogP contribution in [-0.4, -0.2) is 13.5 Å². The number of aryl methyl sites for hydroxylation is 1. The van der Waals surface area contributed by atoms with Crippen molar-refractivity contribution in [1.29, 1.82) is 0 Å². The van der Waals surface area contributed by atoms with Gasteiger partial charge in [0, 0.05) is 6.07 Å². The van der Waals surface area contributed by atoms with Crippen molar-refractivity contribution in [3.63, 3.8) is 0 Å². The SMILES string of the molecule is Cc1cc(O)cc(OS(=O)(=O)c2cccc(C(F)(F)F)c2)c1. The Balaban J connectivity index is 2.39. The van der Waals surface area contributed by atoms with Crippen LogP contribution in [0.3, 0.4) is 0 Å². The predicted octanol–water partition coefficient (Wildman–Crippen LogP) is 3.49. The first kappa shape index (κ1) is 16.2. The minimum atomic E-state index is -4.66. The second-order valence-electron chi connectivity index (χ2n) is 4.57. The van der Waals surface area contributed by atoms with Crippen molar-refractivity contribution in [3.05, 3.63) is 53.6 Å². The number of hydrogen-bond donors (Lipinski definition) is 1. The van der Waals surface area contributed by atoms with Crippen LogP contribution in [-0.2, 0) is 16.3 Å². The molecule has 0 bridgehead atoms. The molecule has 0 aromatic heterocycles. The van der Waals surface area contributed by atoms with Crippen LogP contribution in [0.15, 0.2) is 47.4 Å². The average Bonchev–Trinajstić information content (AvgIpc) is 2.36. The lowest BCUT2D eigenvalue weighted by Crippen LogP contribution is -2.12. The summed E-state index contributed by atoms with van der Waals surface area (Å²) in [6, 6.07) is 7.00. The fourth-order valence-corrected chi connectivity index (χ4v) is 2.74. The van der Waals surface area contributed by atoms with Gasteiger partial charge in [-0.15, -0.1) is 0 Å². The summed E-state index contributed by atoms with van der Waals surface area (Å²) in [6.07, 6.45) is -4.66. The van der Waals surface area contributed by atoms with Crippen molar-refractivity contribution in [1.82, 2.24) is 0 Å². The highest BCUT2D eigenvalue weighted by atomic mass is 32.2. The van der Waals surface area contributed by atoms with Crippen molar-refractivity contribution in [2.45, 2.75) is 18.0 Å². The molecule has 0 heterocycles. The topological polar surface area (TPSA) is 63.6 Å². The fraction of sp³-hybridized carbons (Fsp3) is 0.143. The maximum absolute atomic E-state index is 12.6. The molecule has 22 heavy (non-hydrogen) atoms. The first-order valence-electron chi connectivity index (χ1n) is 6.00. The van der Waals surface area contributed by atoms with E-state index in [0.717, 1.165) is 24.3 Å². The zero-order valence-electron chi connectivity index (χ0n) is 11.3. The second kappa shape index (κ2) is 5.53. The van der Waals surface area contributed by atoms with Crippen molar-refractivity contribution in [2.24, 2.45) is 0 Å². The first-order valence-corrected chi connectivity index (χ1v) is 7.41. The van der Waals surface area contributed by atoms with E-state index in [-0.39, 0.29) is 11.5 Å². The minimum Gasteiger partial charge on any atom is -0.508 e. The Morgan fingerprint density at radius 1 is 1.09 bits per heavy atom. The van der Waals surface area contributed by atoms with E-state index in [9.17, 15) is 26.7 Å². The third-order valence-corrected chi connectivity index (χ3v) is 3.93. The fourth-order valence-electron chi connectivity index (χ4n) is 1.78. The number of phenols is 1. The quantitative estimate of drug-likeness (QED) is 0.874. The van der Waals surface area contributed by atoms with Gasteiger partial charge in [0.15, 0.2) is 0 Å². The lowest BCUT2D eigenvalue weighted by Gasteiger charge is -2.11. The Labute approximate surface area is 124 Å². The third kappa shape index (κ3) is 3.70. The third-order valence-electron chi connectivity index (χ3n) is 2.69. The number of phenolic OH excluding ortho intramolecular Hbond substituents is 1. The Morgan fingerprint density at radius 2 is 1.77 bits per heavy atom. The number of halogens is 3. The summed E-state index contributed by atoms with van der Waals surface area (Å²) >= 11 is 0. The van der Waals surface area contributed by atoms with Crippen LogP contribution >= 0.6 is 0 Å². The van der Waals surface area contributed by atoms with Crippen LogP contribution < -0.4 is 4.18 Å². The van der Waals surface area contributed by atoms with Crippen LogP contribution in [0.5, 0.6) is 11.5 Å². The Kier molecular flexibility index (Phi) is 4.06. The van der Waals surface area contributed by atoms with Gasteiger partial charge in [-0.2, -0.15) is 21.6 Å². The van der Waals surface area contributed by atoms with Gasteiger partial charge >= 0.3 is 16.3 Å². The molecule has 0 fully saturated rings. The van der Waals surface area contributed by atoms with Gasteiger partial charge in [0.2, 0.25) is 0 Å². The van der Waals surface area contributed by atoms with Gasteiger partial charge in [-0.25, -0.2) is 0 Å². The largest absolute Gasteiger partial charge is 0.508 e. The summed E-state index contributed by atoms with van der Waals surface area (Å²) in [6.45, 7) is 1.60. The summed E-state index contributed by atoms with van der Waals surface area (Å²) in [5.74, 6) is -0.399. The van der Waals surface area contributed by atoms with Gasteiger partial charge in [-0.1, -0.05) is 6.07 Å². The van der Waals surface area contributed by atoms with Crippen LogP contribution in [0.4, 0.5) is 13.2 Å². The zero-order chi connectivity index (χ0) is 16.5. The molecule has 0 amide bonds. The Hall–Kier alpha value is -2.22. The molecule has 118 valence electrons. The normalized spacial score (nSPS) is 12.2. The van der Waals surface area contributed by atoms with Crippen molar-refractivity contribution in [2.75, 3.05) is 0 Å². The molecule has 0 aliphatic rings. The van der Waals surface area contributed by atoms with E-state index in [1.807, 2.05) is 0 Å². The first-order chi connectivity index (χ1) is 10.1. The van der Waals surface area contributed by atoms with Gasteiger partial charge in [-0.05, 0) is 42.8 Å². The van der Waals surface area contributed by atoms with Crippen LogP contribution in [0, 0.1) is 6.92 Å². The molecule has 0 atom stereocenters. The molecule has 0 spiro atoms. The molecule has 2 aromatic rings. The lowest BCUT2D eigenvalue weighted by molar-refractivity contribution is -0.137. The molecule has 0 saturated heterocycles. The van der Waals surface area contributed by atoms with Crippen LogP contribution in [0.1, 0.15) is 11.1 Å². The molecule has 4 nitrogen and oxygen atoms in total. The van der Waals surface area contributed by atoms with E-state index in [1.165, 1.54) is 12.1 Å². The molecule has 2 aromatic carbocycles. The number of rotatable bonds is 3. The summed E-state index contributed by atoms with van der Waals surface area (Å²) < 4.78 is 66.7. The maximum Gasteiger partial charge on any atom is 0.416 e. The van der Waals surface area contributed by atoms with Gasteiger partial charge in [0.1, 0.15) is 16.4 Å². The smallest absolute Gasteiger partial charge is 0.416 e. The standard InChI is InChI=1S/C14H11F3O4S/c1-9-5-11(18)8-12(6-9)21-22(19,20)13-4-2-3-10(7-13)14(15,16)17/h2-8,18H,1H3. The highest BCUT2D eigenvalue weighted by molar-refractivity contribution is 7.87. The summed E-state index contributed by atoms with van der Waals surface area (Å²) in [4.78, 5) is -0.622. The molecule has 0 aliphatic heterocycles. The van der Waals surface area contributed by atoms with Gasteiger partial charge < -0.3 is 9.29 Å². The molecular formula is C14H11F3O4S. The summed E-state index contributed by atoms with van der Waals surface area (Å²) in [5.41, 5.74) is -0.557. The Bertz CT molecular complexity index is 778. The van der Waals surface area contributed by atoms with Crippen molar-refractivity contribution >= 4 is 10.1 Å². The van der Waals surface area contributed by atoms with Gasteiger partial charge in [-0.3, -0.25) is 0 Å². The number of alkyl halides is 3. The molecule has 0 radical (unpaired) electrons. The van der Waals surface area contributed by atoms with E-state index in [4.69, 9.17) is 4.18 Å². The van der Waals surface area contributed by atoms with Gasteiger partial charge in [0.05, 0.1) is 5.56 Å². The van der Waals surface area contributed by atoms with E-state index >= 15 is 0 Å². The van der Waals surface area contributed by atoms with E-state index < -0.39 is 26.8 Å². The monoisotopic (exact) mass is 332 g/mol. The number of benzene rings is 2. The van der Waals surface area contributed by atoms with Crippen LogP contribution in [0.2, 0.25) is 0 Å². The second-order valence-corrected chi connectivity index (χ2v) is 6.11. The predicted molar refractivity (Wildman–Crippen MR) is 72.1 cm³/mol. The number of aromatic hydroxyl groups is 1. The number of hydrogen-bond acceptors (Lipinski definition) is 4. The molecule has 0 unspecified atom stereocenters. The highest BCUT2D eigenvalue weighted by Gasteiger charge is 2.32. The van der Waals surface area contributed by atoms with Crippen molar-refractivity contribution in [3.8, 4) is 11.5 Å². The lowest BCUT2D eigenvalue weighted by atomic mass is 10.2. The van der Waals surface area contributed by atoms with Crippen molar-refractivity contribution < 1.29 is 30.9 Å². The molecule has 0 aliphatic carbocycles. The molecule has 1 N–H and O–H groups in total. The molecule has 2 rings (SSSR count). The minimum absolute atomic E-state index is 0.185. The average molecular weight is 332 g/mol. The molecular weight excluding hydrogens is 321 g/mol. The van der Waals surface area contributed by atoms with E-state index in [0.29, 0.717) is 11.6 Å². The van der Waals surface area contributed by atoms with E-state index in [2.05, 4.69) is 0 Å². The van der Waals surface area contributed by atoms with Gasteiger partial charge in [0.25, 0.3) is 0 Å². The molecule has 0 saturated carbocycles. The van der Waals surface area contributed by atoms with E-state index in [1.54, 1.807) is 6.92 Å². The maximum atomic E-state index is 12.6. The zero-order valence-corrected chi connectivity index (χ0v) is 12.1. The highest BCUT2D eigenvalue weighted by Crippen LogP contribution is 2.31. The molecule has 8 heteroatoms.